The van der Waals surface area contributed by atoms with E-state index in [0.717, 1.165) is 0 Å². The number of nitrogen functional groups attached to an aromatic ring is 1. The molecule has 4 nitrogen and oxygen atoms in total. The lowest BCUT2D eigenvalue weighted by atomic mass is 11.2. The number of aliphatic imine (C=N–C) groups is 1. The van der Waals surface area contributed by atoms with Gasteiger partial charge in [-0.2, -0.15) is 4.99 Å². The summed E-state index contributed by atoms with van der Waals surface area (Å²) < 4.78 is 0. The fourth-order valence-corrected chi connectivity index (χ4v) is 0.897. The number of rotatable bonds is 1. The Balaban J connectivity index is 2.97. The molecule has 0 unspecified atom stereocenters. The third kappa shape index (κ3) is 1.53. The van der Waals surface area contributed by atoms with Crippen LogP contribution < -0.4 is 5.73 Å². The SMILES string of the molecule is Nc1nnc(N=C=S)s1. The van der Waals surface area contributed by atoms with Crippen LogP contribution in [0.2, 0.25) is 0 Å². The summed E-state index contributed by atoms with van der Waals surface area (Å²) in [5.74, 6) is 0. The van der Waals surface area contributed by atoms with Gasteiger partial charge in [0.05, 0.1) is 5.16 Å². The molecule has 0 radical (unpaired) electrons. The van der Waals surface area contributed by atoms with Gasteiger partial charge >= 0.3 is 0 Å². The molecule has 0 aliphatic carbocycles. The van der Waals surface area contributed by atoms with Crippen molar-refractivity contribution < 1.29 is 0 Å². The first-order chi connectivity index (χ1) is 4.33. The summed E-state index contributed by atoms with van der Waals surface area (Å²) in [6.45, 7) is 0. The second kappa shape index (κ2) is 2.63. The van der Waals surface area contributed by atoms with Crippen LogP contribution in [0.25, 0.3) is 0 Å². The molecular weight excluding hydrogens is 156 g/mol. The lowest BCUT2D eigenvalue weighted by Gasteiger charge is -1.68. The molecular formula is C3H2N4S2. The van der Waals surface area contributed by atoms with Crippen LogP contribution in [0.3, 0.4) is 0 Å². The van der Waals surface area contributed by atoms with Gasteiger partial charge in [0.25, 0.3) is 0 Å². The third-order valence-electron chi connectivity index (χ3n) is 0.571. The zero-order valence-electron chi connectivity index (χ0n) is 4.24. The van der Waals surface area contributed by atoms with E-state index in [0.29, 0.717) is 10.3 Å². The van der Waals surface area contributed by atoms with Gasteiger partial charge in [-0.1, -0.05) is 11.3 Å². The maximum atomic E-state index is 5.23. The molecule has 0 amide bonds. The fourth-order valence-electron chi connectivity index (χ4n) is 0.311. The molecule has 0 aromatic carbocycles. The summed E-state index contributed by atoms with van der Waals surface area (Å²) in [5.41, 5.74) is 5.23. The highest BCUT2D eigenvalue weighted by atomic mass is 32.1. The normalized spacial score (nSPS) is 8.44. The average molecular weight is 158 g/mol. The molecule has 6 heteroatoms. The Morgan fingerprint density at radius 1 is 1.67 bits per heavy atom. The molecule has 1 aromatic heterocycles. The van der Waals surface area contributed by atoms with Gasteiger partial charge in [0, 0.05) is 0 Å². The predicted molar refractivity (Wildman–Crippen MR) is 39.0 cm³/mol. The van der Waals surface area contributed by atoms with Gasteiger partial charge in [-0.15, -0.1) is 10.2 Å². The number of hydrogen-bond acceptors (Lipinski definition) is 6. The number of hydrogen-bond donors (Lipinski definition) is 1. The predicted octanol–water partition coefficient (Wildman–Crippen LogP) is 0.855. The van der Waals surface area contributed by atoms with E-state index in [-0.39, 0.29) is 0 Å². The van der Waals surface area contributed by atoms with Crippen LogP contribution in [-0.4, -0.2) is 15.4 Å². The highest BCUT2D eigenvalue weighted by molar-refractivity contribution is 7.78. The Bertz CT molecular complexity index is 248. The Morgan fingerprint density at radius 2 is 2.44 bits per heavy atom. The van der Waals surface area contributed by atoms with Gasteiger partial charge in [-0.25, -0.2) is 0 Å². The molecule has 0 fully saturated rings. The molecule has 1 aromatic rings. The molecule has 0 atom stereocenters. The molecule has 0 spiro atoms. The van der Waals surface area contributed by atoms with Crippen molar-refractivity contribution >= 4 is 39.0 Å². The van der Waals surface area contributed by atoms with E-state index < -0.39 is 0 Å². The van der Waals surface area contributed by atoms with Crippen LogP contribution in [0.5, 0.6) is 0 Å². The molecule has 0 aliphatic heterocycles. The zero-order valence-corrected chi connectivity index (χ0v) is 5.87. The second-order valence-corrected chi connectivity index (χ2v) is 2.30. The molecule has 0 aliphatic rings. The Kier molecular flexibility index (Phi) is 1.84. The van der Waals surface area contributed by atoms with E-state index in [2.05, 4.69) is 32.6 Å². The highest BCUT2D eigenvalue weighted by Gasteiger charge is 1.94. The summed E-state index contributed by atoms with van der Waals surface area (Å²) >= 11 is 5.50. The van der Waals surface area contributed by atoms with Crippen molar-refractivity contribution in [3.05, 3.63) is 0 Å². The lowest BCUT2D eigenvalue weighted by Crippen LogP contribution is -1.79. The highest BCUT2D eigenvalue weighted by Crippen LogP contribution is 2.18. The summed E-state index contributed by atoms with van der Waals surface area (Å²) in [5, 5.41) is 10.0. The number of isothiocyanates is 1. The lowest BCUT2D eigenvalue weighted by molar-refractivity contribution is 1.09. The largest absolute Gasteiger partial charge is 0.374 e. The Labute approximate surface area is 60.4 Å². The van der Waals surface area contributed by atoms with Gasteiger partial charge in [0.15, 0.2) is 0 Å². The van der Waals surface area contributed by atoms with Crippen molar-refractivity contribution in [3.8, 4) is 0 Å². The van der Waals surface area contributed by atoms with Crippen molar-refractivity contribution in [3.63, 3.8) is 0 Å². The minimum Gasteiger partial charge on any atom is -0.374 e. The van der Waals surface area contributed by atoms with E-state index in [1.165, 1.54) is 11.3 Å². The van der Waals surface area contributed by atoms with Gasteiger partial charge in [-0.05, 0) is 12.2 Å². The molecule has 46 valence electrons. The Hall–Kier alpha value is -0.840. The average Bonchev–Trinajstić information content (AvgIpc) is 2.17. The molecule has 1 heterocycles. The van der Waals surface area contributed by atoms with E-state index in [4.69, 9.17) is 5.73 Å². The molecule has 1 rings (SSSR count). The second-order valence-electron chi connectivity index (χ2n) is 1.13. The molecule has 0 saturated heterocycles. The van der Waals surface area contributed by atoms with Crippen LogP contribution >= 0.6 is 23.6 Å². The monoisotopic (exact) mass is 158 g/mol. The fraction of sp³-hybridized carbons (Fsp3) is 0. The van der Waals surface area contributed by atoms with E-state index in [9.17, 15) is 0 Å². The minimum absolute atomic E-state index is 0.388. The molecule has 9 heavy (non-hydrogen) atoms. The summed E-state index contributed by atoms with van der Waals surface area (Å²) in [6.07, 6.45) is 0. The van der Waals surface area contributed by atoms with Crippen molar-refractivity contribution in [2.45, 2.75) is 0 Å². The first-order valence-corrected chi connectivity index (χ1v) is 3.22. The van der Waals surface area contributed by atoms with Crippen LogP contribution in [0.15, 0.2) is 4.99 Å². The van der Waals surface area contributed by atoms with Crippen LogP contribution in [0, 0.1) is 0 Å². The topological polar surface area (TPSA) is 64.2 Å². The molecule has 0 bridgehead atoms. The van der Waals surface area contributed by atoms with E-state index >= 15 is 0 Å². The molecule has 2 N–H and O–H groups in total. The third-order valence-corrected chi connectivity index (χ3v) is 1.31. The number of nitrogens with two attached hydrogens (primary N) is 1. The van der Waals surface area contributed by atoms with Crippen LogP contribution in [0.4, 0.5) is 10.3 Å². The summed E-state index contributed by atoms with van der Waals surface area (Å²) in [4.78, 5) is 3.56. The van der Waals surface area contributed by atoms with Gasteiger partial charge < -0.3 is 5.73 Å². The minimum atomic E-state index is 0.388. The Morgan fingerprint density at radius 3 is 2.89 bits per heavy atom. The number of thiocarbonyl (C=S) groups is 1. The van der Waals surface area contributed by atoms with Crippen molar-refractivity contribution in [2.75, 3.05) is 5.73 Å². The maximum absolute atomic E-state index is 5.23. The summed E-state index contributed by atoms with van der Waals surface area (Å²) in [7, 11) is 0. The number of anilines is 1. The van der Waals surface area contributed by atoms with Crippen LogP contribution in [0.1, 0.15) is 0 Å². The number of aromatic nitrogens is 2. The van der Waals surface area contributed by atoms with Crippen molar-refractivity contribution in [2.24, 2.45) is 4.99 Å². The quantitative estimate of drug-likeness (QED) is 0.486. The van der Waals surface area contributed by atoms with E-state index in [1.807, 2.05) is 0 Å². The molecule has 0 saturated carbocycles. The van der Waals surface area contributed by atoms with Crippen LogP contribution in [-0.2, 0) is 0 Å². The summed E-state index contributed by atoms with van der Waals surface area (Å²) in [6, 6.07) is 0. The van der Waals surface area contributed by atoms with E-state index in [1.54, 1.807) is 0 Å². The van der Waals surface area contributed by atoms with Gasteiger partial charge in [0.2, 0.25) is 10.3 Å². The van der Waals surface area contributed by atoms with Gasteiger partial charge in [-0.3, -0.25) is 0 Å². The van der Waals surface area contributed by atoms with Crippen molar-refractivity contribution in [1.29, 1.82) is 0 Å². The zero-order chi connectivity index (χ0) is 6.69. The maximum Gasteiger partial charge on any atom is 0.242 e. The first-order valence-electron chi connectivity index (χ1n) is 2.00. The first kappa shape index (κ1) is 6.28. The number of nitrogens with zero attached hydrogens (tertiary/aromatic N) is 3. The van der Waals surface area contributed by atoms with Crippen molar-refractivity contribution in [1.82, 2.24) is 10.2 Å². The van der Waals surface area contributed by atoms with Gasteiger partial charge in [0.1, 0.15) is 0 Å². The smallest absolute Gasteiger partial charge is 0.242 e. The standard InChI is InChI=1S/C3H2N4S2/c4-2-6-7-3(9-2)5-1-8/h(H2,4,6).